The third-order valence-electron chi connectivity index (χ3n) is 2.77. The van der Waals surface area contributed by atoms with Crippen molar-refractivity contribution in [3.8, 4) is 0 Å². The molecule has 0 aliphatic carbocycles. The largest absolute Gasteiger partial charge is 0.458 e. The van der Waals surface area contributed by atoms with E-state index in [1.807, 2.05) is 20.8 Å². The predicted molar refractivity (Wildman–Crippen MR) is 60.7 cm³/mol. The van der Waals surface area contributed by atoms with Crippen LogP contribution in [0.25, 0.3) is 11.0 Å². The SMILES string of the molecule is Cc1ccc(F)c2cc(C(O)C(C)C)oc12. The van der Waals surface area contributed by atoms with Crippen LogP contribution in [-0.2, 0) is 0 Å². The first-order valence-corrected chi connectivity index (χ1v) is 5.37. The first-order valence-electron chi connectivity index (χ1n) is 5.37. The lowest BCUT2D eigenvalue weighted by atomic mass is 10.1. The molecule has 1 aromatic heterocycles. The van der Waals surface area contributed by atoms with Gasteiger partial charge in [-0.1, -0.05) is 19.9 Å². The summed E-state index contributed by atoms with van der Waals surface area (Å²) in [6, 6.07) is 4.67. The van der Waals surface area contributed by atoms with E-state index in [0.29, 0.717) is 16.7 Å². The molecule has 2 aromatic rings. The quantitative estimate of drug-likeness (QED) is 0.842. The van der Waals surface area contributed by atoms with Crippen molar-refractivity contribution in [3.63, 3.8) is 0 Å². The van der Waals surface area contributed by atoms with E-state index < -0.39 is 6.10 Å². The second-order valence-corrected chi connectivity index (χ2v) is 4.44. The lowest BCUT2D eigenvalue weighted by Crippen LogP contribution is -2.03. The van der Waals surface area contributed by atoms with Gasteiger partial charge in [0.1, 0.15) is 23.3 Å². The Labute approximate surface area is 93.7 Å². The molecule has 0 amide bonds. The van der Waals surface area contributed by atoms with Crippen molar-refractivity contribution in [1.29, 1.82) is 0 Å². The topological polar surface area (TPSA) is 33.4 Å². The Morgan fingerprint density at radius 2 is 2.00 bits per heavy atom. The molecule has 2 nitrogen and oxygen atoms in total. The molecule has 1 aromatic carbocycles. The van der Waals surface area contributed by atoms with E-state index in [1.165, 1.54) is 6.07 Å². The number of rotatable bonds is 2. The van der Waals surface area contributed by atoms with Gasteiger partial charge in [-0.2, -0.15) is 0 Å². The Bertz CT molecular complexity index is 475. The average molecular weight is 222 g/mol. The molecule has 0 bridgehead atoms. The van der Waals surface area contributed by atoms with Gasteiger partial charge in [0.05, 0.1) is 5.39 Å². The Morgan fingerprint density at radius 1 is 1.31 bits per heavy atom. The van der Waals surface area contributed by atoms with Crippen LogP contribution in [0, 0.1) is 18.7 Å². The molecule has 1 atom stereocenters. The minimum atomic E-state index is -0.689. The van der Waals surface area contributed by atoms with Gasteiger partial charge in [-0.3, -0.25) is 0 Å². The highest BCUT2D eigenvalue weighted by molar-refractivity contribution is 5.81. The van der Waals surface area contributed by atoms with Crippen LogP contribution < -0.4 is 0 Å². The highest BCUT2D eigenvalue weighted by atomic mass is 19.1. The zero-order chi connectivity index (χ0) is 11.9. The van der Waals surface area contributed by atoms with Crippen LogP contribution in [0.5, 0.6) is 0 Å². The van der Waals surface area contributed by atoms with Gasteiger partial charge >= 0.3 is 0 Å². The highest BCUT2D eigenvalue weighted by Gasteiger charge is 2.18. The Balaban J connectivity index is 2.60. The minimum absolute atomic E-state index is 0.0453. The summed E-state index contributed by atoms with van der Waals surface area (Å²) in [5.41, 5.74) is 1.40. The number of halogens is 1. The normalized spacial score (nSPS) is 13.6. The summed E-state index contributed by atoms with van der Waals surface area (Å²) in [7, 11) is 0. The average Bonchev–Trinajstić information content (AvgIpc) is 2.68. The van der Waals surface area contributed by atoms with Crippen LogP contribution >= 0.6 is 0 Å². The molecule has 0 aliphatic rings. The highest BCUT2D eigenvalue weighted by Crippen LogP contribution is 2.31. The Hall–Kier alpha value is -1.35. The molecule has 1 unspecified atom stereocenters. The number of furan rings is 1. The molecule has 0 saturated heterocycles. The lowest BCUT2D eigenvalue weighted by Gasteiger charge is -2.10. The Morgan fingerprint density at radius 3 is 2.56 bits per heavy atom. The molecule has 0 aliphatic heterocycles. The second kappa shape index (κ2) is 3.91. The van der Waals surface area contributed by atoms with Crippen LogP contribution in [0.1, 0.15) is 31.3 Å². The zero-order valence-corrected chi connectivity index (χ0v) is 9.62. The fourth-order valence-corrected chi connectivity index (χ4v) is 1.72. The van der Waals surface area contributed by atoms with Crippen molar-refractivity contribution >= 4 is 11.0 Å². The molecular weight excluding hydrogens is 207 g/mol. The van der Waals surface area contributed by atoms with Crippen molar-refractivity contribution in [3.05, 3.63) is 35.3 Å². The summed E-state index contributed by atoms with van der Waals surface area (Å²) >= 11 is 0. The number of aliphatic hydroxyl groups is 1. The van der Waals surface area contributed by atoms with Gasteiger partial charge in [-0.15, -0.1) is 0 Å². The maximum Gasteiger partial charge on any atom is 0.140 e. The van der Waals surface area contributed by atoms with Crippen molar-refractivity contribution in [1.82, 2.24) is 0 Å². The summed E-state index contributed by atoms with van der Waals surface area (Å²) in [6.45, 7) is 5.64. The molecule has 1 N–H and O–H groups in total. The second-order valence-electron chi connectivity index (χ2n) is 4.44. The molecular formula is C13H15FO2. The smallest absolute Gasteiger partial charge is 0.140 e. The molecule has 0 fully saturated rings. The van der Waals surface area contributed by atoms with Gasteiger partial charge in [0.25, 0.3) is 0 Å². The van der Waals surface area contributed by atoms with Crippen LogP contribution in [0.15, 0.2) is 22.6 Å². The maximum atomic E-state index is 13.5. The minimum Gasteiger partial charge on any atom is -0.458 e. The van der Waals surface area contributed by atoms with Gasteiger partial charge in [0, 0.05) is 0 Å². The zero-order valence-electron chi connectivity index (χ0n) is 9.62. The molecule has 3 heteroatoms. The van der Waals surface area contributed by atoms with Crippen LogP contribution in [-0.4, -0.2) is 5.11 Å². The van der Waals surface area contributed by atoms with Gasteiger partial charge in [-0.25, -0.2) is 4.39 Å². The molecule has 0 spiro atoms. The Kier molecular flexibility index (Phi) is 2.72. The molecule has 2 rings (SSSR count). The third kappa shape index (κ3) is 1.71. The summed E-state index contributed by atoms with van der Waals surface area (Å²) in [6.07, 6.45) is -0.689. The third-order valence-corrected chi connectivity index (χ3v) is 2.77. The van der Waals surface area contributed by atoms with Gasteiger partial charge in [0.2, 0.25) is 0 Å². The number of hydrogen-bond donors (Lipinski definition) is 1. The number of benzene rings is 1. The van der Waals surface area contributed by atoms with E-state index in [4.69, 9.17) is 4.42 Å². The van der Waals surface area contributed by atoms with Crippen LogP contribution in [0.4, 0.5) is 4.39 Å². The van der Waals surface area contributed by atoms with Crippen LogP contribution in [0.3, 0.4) is 0 Å². The van der Waals surface area contributed by atoms with E-state index in [1.54, 1.807) is 12.1 Å². The van der Waals surface area contributed by atoms with Crippen molar-refractivity contribution < 1.29 is 13.9 Å². The molecule has 86 valence electrons. The van der Waals surface area contributed by atoms with E-state index >= 15 is 0 Å². The standard InChI is InChI=1S/C13H15FO2/c1-7(2)12(15)11-6-9-10(14)5-4-8(3)13(9)16-11/h4-7,12,15H,1-3H3. The molecule has 16 heavy (non-hydrogen) atoms. The summed E-state index contributed by atoms with van der Waals surface area (Å²) in [5, 5.41) is 10.3. The summed E-state index contributed by atoms with van der Waals surface area (Å²) in [4.78, 5) is 0. The number of aryl methyl sites for hydroxylation is 1. The van der Waals surface area contributed by atoms with Gasteiger partial charge in [-0.05, 0) is 30.5 Å². The monoisotopic (exact) mass is 222 g/mol. The fraction of sp³-hybridized carbons (Fsp3) is 0.385. The molecule has 0 radical (unpaired) electrons. The summed E-state index contributed by atoms with van der Waals surface area (Å²) < 4.78 is 19.0. The van der Waals surface area contributed by atoms with Gasteiger partial charge in [0.15, 0.2) is 0 Å². The first-order chi connectivity index (χ1) is 7.50. The van der Waals surface area contributed by atoms with E-state index in [9.17, 15) is 9.50 Å². The maximum absolute atomic E-state index is 13.5. The molecule has 0 saturated carbocycles. The van der Waals surface area contributed by atoms with Gasteiger partial charge < -0.3 is 9.52 Å². The van der Waals surface area contributed by atoms with Crippen molar-refractivity contribution in [2.75, 3.05) is 0 Å². The first kappa shape index (κ1) is 11.1. The number of fused-ring (bicyclic) bond motifs is 1. The van der Waals surface area contributed by atoms with E-state index in [-0.39, 0.29) is 11.7 Å². The van der Waals surface area contributed by atoms with Crippen LogP contribution in [0.2, 0.25) is 0 Å². The number of hydrogen-bond acceptors (Lipinski definition) is 2. The number of aliphatic hydroxyl groups excluding tert-OH is 1. The predicted octanol–water partition coefficient (Wildman–Crippen LogP) is 3.57. The lowest BCUT2D eigenvalue weighted by molar-refractivity contribution is 0.104. The van der Waals surface area contributed by atoms with Crippen molar-refractivity contribution in [2.45, 2.75) is 26.9 Å². The van der Waals surface area contributed by atoms with E-state index in [2.05, 4.69) is 0 Å². The fourth-order valence-electron chi connectivity index (χ4n) is 1.72. The summed E-state index contributed by atoms with van der Waals surface area (Å²) in [5.74, 6) is 0.161. The van der Waals surface area contributed by atoms with Crippen molar-refractivity contribution in [2.24, 2.45) is 5.92 Å². The molecule has 1 heterocycles. The van der Waals surface area contributed by atoms with E-state index in [0.717, 1.165) is 5.56 Å².